The molecule has 0 spiro atoms. The smallest absolute Gasteiger partial charge is 0.238 e. The molecular weight excluding hydrogens is 562 g/mol. The first-order valence-electron chi connectivity index (χ1n) is 12.6. The number of carbonyl (C=O) groups excluding carboxylic acids is 4. The second-order valence-corrected chi connectivity index (χ2v) is 11.0. The lowest BCUT2D eigenvalue weighted by Gasteiger charge is -2.42. The number of allylic oxidation sites excluding steroid dienone is 6. The van der Waals surface area contributed by atoms with E-state index in [1.165, 1.54) is 24.2 Å². The number of nitrogens with zero attached hydrogens (tertiary/aromatic N) is 1. The van der Waals surface area contributed by atoms with Crippen molar-refractivity contribution in [1.29, 1.82) is 0 Å². The van der Waals surface area contributed by atoms with Crippen molar-refractivity contribution < 1.29 is 29.0 Å². The normalized spacial score (nSPS) is 26.1. The molecule has 1 aliphatic heterocycles. The van der Waals surface area contributed by atoms with E-state index in [4.69, 9.17) is 4.74 Å². The largest absolute Gasteiger partial charge is 0.508 e. The van der Waals surface area contributed by atoms with Crippen LogP contribution in [-0.2, 0) is 19.2 Å². The van der Waals surface area contributed by atoms with Crippen molar-refractivity contribution >= 4 is 51.1 Å². The van der Waals surface area contributed by atoms with E-state index in [0.29, 0.717) is 34.6 Å². The van der Waals surface area contributed by atoms with Gasteiger partial charge in [0.15, 0.2) is 11.6 Å². The highest BCUT2D eigenvalue weighted by molar-refractivity contribution is 9.12. The van der Waals surface area contributed by atoms with Gasteiger partial charge in [-0.05, 0) is 70.6 Å². The average Bonchev–Trinajstić information content (AvgIpc) is 3.20. The van der Waals surface area contributed by atoms with Crippen LogP contribution < -0.4 is 9.64 Å². The van der Waals surface area contributed by atoms with Gasteiger partial charge in [-0.15, -0.1) is 0 Å². The summed E-state index contributed by atoms with van der Waals surface area (Å²) in [4.78, 5) is 55.4. The SMILES string of the molecule is C=Cc1ccc(N2C(=O)[C@H]3[C@H](CC=C4[C@H](c5cc(OC)ccc5O)C5=C(C[C@H]43)C(=O)C(Br)=CC5=O)C2=O)cc1. The number of phenolic OH excluding ortho intramolecular Hbond substituents is 1. The van der Waals surface area contributed by atoms with Crippen molar-refractivity contribution in [3.05, 3.63) is 93.5 Å². The van der Waals surface area contributed by atoms with Gasteiger partial charge in [-0.2, -0.15) is 0 Å². The lowest BCUT2D eigenvalue weighted by molar-refractivity contribution is -0.123. The number of fused-ring (bicyclic) bond motifs is 3. The van der Waals surface area contributed by atoms with E-state index in [1.54, 1.807) is 42.5 Å². The molecule has 0 saturated carbocycles. The third-order valence-corrected chi connectivity index (χ3v) is 8.85. The molecule has 4 aliphatic rings. The van der Waals surface area contributed by atoms with Crippen molar-refractivity contribution in [2.24, 2.45) is 17.8 Å². The summed E-state index contributed by atoms with van der Waals surface area (Å²) < 4.78 is 5.54. The Morgan fingerprint density at radius 2 is 1.79 bits per heavy atom. The fraction of sp³-hybridized carbons (Fsp3) is 0.226. The van der Waals surface area contributed by atoms with Gasteiger partial charge in [0.1, 0.15) is 11.5 Å². The average molecular weight is 586 g/mol. The van der Waals surface area contributed by atoms with Crippen molar-refractivity contribution in [2.75, 3.05) is 12.0 Å². The van der Waals surface area contributed by atoms with E-state index in [0.717, 1.165) is 11.1 Å². The standard InChI is InChI=1S/C31H24BrNO6/c1-3-15-4-6-16(7-5-15)33-30(37)19-10-9-18-20(27(19)31(33)38)13-22-28(25(35)14-23(32)29(22)36)26(18)21-12-17(39-2)8-11-24(21)34/h3-9,11-12,14,19-20,26-27,34H,1,10,13H2,2H3/t19-,20+,26+,27-/m0/s1. The fourth-order valence-electron chi connectivity index (χ4n) is 6.47. The summed E-state index contributed by atoms with van der Waals surface area (Å²) in [5.74, 6) is -3.37. The molecule has 3 aliphatic carbocycles. The van der Waals surface area contributed by atoms with E-state index in [9.17, 15) is 24.3 Å². The number of methoxy groups -OCH3 is 1. The maximum absolute atomic E-state index is 13.9. The number of Topliss-reactive ketones (excluding diaryl/α,β-unsaturated/α-hetero) is 1. The number of halogens is 1. The summed E-state index contributed by atoms with van der Waals surface area (Å²) in [7, 11) is 1.50. The molecule has 6 rings (SSSR count). The van der Waals surface area contributed by atoms with E-state index in [-0.39, 0.29) is 40.0 Å². The van der Waals surface area contributed by atoms with Gasteiger partial charge in [0.2, 0.25) is 11.8 Å². The quantitative estimate of drug-likeness (QED) is 0.307. The highest BCUT2D eigenvalue weighted by Gasteiger charge is 2.56. The van der Waals surface area contributed by atoms with Crippen molar-refractivity contribution in [3.63, 3.8) is 0 Å². The van der Waals surface area contributed by atoms with E-state index in [1.807, 2.05) is 6.08 Å². The predicted molar refractivity (Wildman–Crippen MR) is 148 cm³/mol. The van der Waals surface area contributed by atoms with Gasteiger partial charge in [-0.3, -0.25) is 24.1 Å². The highest BCUT2D eigenvalue weighted by Crippen LogP contribution is 2.56. The zero-order valence-electron chi connectivity index (χ0n) is 21.0. The number of amides is 2. The van der Waals surface area contributed by atoms with Crippen LogP contribution in [0.3, 0.4) is 0 Å². The maximum atomic E-state index is 13.9. The van der Waals surface area contributed by atoms with Crippen LogP contribution in [0.5, 0.6) is 11.5 Å². The lowest BCUT2D eigenvalue weighted by Crippen LogP contribution is -2.39. The summed E-state index contributed by atoms with van der Waals surface area (Å²) in [5, 5.41) is 10.9. The monoisotopic (exact) mass is 585 g/mol. The minimum absolute atomic E-state index is 0.0528. The van der Waals surface area contributed by atoms with Crippen LogP contribution in [0.2, 0.25) is 0 Å². The molecular formula is C31H24BrNO6. The zero-order chi connectivity index (χ0) is 27.6. The molecule has 0 radical (unpaired) electrons. The Kier molecular flexibility index (Phi) is 6.03. The Bertz CT molecular complexity index is 1580. The van der Waals surface area contributed by atoms with Gasteiger partial charge in [0.25, 0.3) is 0 Å². The minimum Gasteiger partial charge on any atom is -0.508 e. The van der Waals surface area contributed by atoms with Crippen LogP contribution in [-0.4, -0.2) is 35.6 Å². The molecule has 2 aromatic rings. The molecule has 1 saturated heterocycles. The topological polar surface area (TPSA) is 101 Å². The second-order valence-electron chi connectivity index (χ2n) is 10.1. The predicted octanol–water partition coefficient (Wildman–Crippen LogP) is 5.01. The molecule has 1 N–H and O–H groups in total. The van der Waals surface area contributed by atoms with Gasteiger partial charge < -0.3 is 9.84 Å². The third-order valence-electron chi connectivity index (χ3n) is 8.26. The van der Waals surface area contributed by atoms with Gasteiger partial charge in [-0.25, -0.2) is 0 Å². The van der Waals surface area contributed by atoms with E-state index >= 15 is 0 Å². The van der Waals surface area contributed by atoms with Crippen LogP contribution in [0.25, 0.3) is 6.08 Å². The minimum atomic E-state index is -0.757. The number of rotatable bonds is 4. The number of imide groups is 1. The molecule has 0 aromatic heterocycles. The third kappa shape index (κ3) is 3.77. The van der Waals surface area contributed by atoms with Gasteiger partial charge in [-0.1, -0.05) is 36.4 Å². The molecule has 0 unspecified atom stereocenters. The van der Waals surface area contributed by atoms with E-state index < -0.39 is 23.7 Å². The van der Waals surface area contributed by atoms with Crippen molar-refractivity contribution in [1.82, 2.24) is 0 Å². The van der Waals surface area contributed by atoms with Crippen molar-refractivity contribution in [2.45, 2.75) is 18.8 Å². The number of ketones is 2. The van der Waals surface area contributed by atoms with Gasteiger partial charge in [0, 0.05) is 28.7 Å². The number of aromatic hydroxyl groups is 1. The molecule has 8 heteroatoms. The summed E-state index contributed by atoms with van der Waals surface area (Å²) >= 11 is 3.22. The van der Waals surface area contributed by atoms with Crippen LogP contribution in [0.1, 0.15) is 29.9 Å². The molecule has 196 valence electrons. The summed E-state index contributed by atoms with van der Waals surface area (Å²) in [6.07, 6.45) is 5.33. The second kappa shape index (κ2) is 9.31. The number of ether oxygens (including phenoxy) is 1. The number of phenols is 1. The molecule has 2 amide bonds. The fourth-order valence-corrected chi connectivity index (χ4v) is 6.91. The van der Waals surface area contributed by atoms with Crippen LogP contribution in [0.4, 0.5) is 5.69 Å². The summed E-state index contributed by atoms with van der Waals surface area (Å²) in [5.41, 5.74) is 3.12. The van der Waals surface area contributed by atoms with Crippen molar-refractivity contribution in [3.8, 4) is 11.5 Å². The van der Waals surface area contributed by atoms with Crippen LogP contribution in [0.15, 0.2) is 82.4 Å². The summed E-state index contributed by atoms with van der Waals surface area (Å²) in [6, 6.07) is 11.8. The number of hydrogen-bond donors (Lipinski definition) is 1. The van der Waals surface area contributed by atoms with Gasteiger partial charge >= 0.3 is 0 Å². The molecule has 0 bridgehead atoms. The molecule has 7 nitrogen and oxygen atoms in total. The molecule has 2 aromatic carbocycles. The Hall–Kier alpha value is -4.04. The molecule has 39 heavy (non-hydrogen) atoms. The number of benzene rings is 2. The molecule has 4 atom stereocenters. The first kappa shape index (κ1) is 25.2. The number of hydrogen-bond acceptors (Lipinski definition) is 6. The summed E-state index contributed by atoms with van der Waals surface area (Å²) in [6.45, 7) is 3.75. The Morgan fingerprint density at radius 3 is 2.49 bits per heavy atom. The lowest BCUT2D eigenvalue weighted by atomic mass is 9.59. The van der Waals surface area contributed by atoms with Crippen LogP contribution in [0, 0.1) is 17.8 Å². The zero-order valence-corrected chi connectivity index (χ0v) is 22.6. The van der Waals surface area contributed by atoms with Gasteiger partial charge in [0.05, 0.1) is 29.1 Å². The Balaban J connectivity index is 1.49. The molecule has 1 heterocycles. The molecule has 1 fully saturated rings. The first-order chi connectivity index (χ1) is 18.7. The Morgan fingerprint density at radius 1 is 1.05 bits per heavy atom. The maximum Gasteiger partial charge on any atom is 0.238 e. The first-order valence-corrected chi connectivity index (χ1v) is 13.4. The number of anilines is 1. The number of carbonyl (C=O) groups is 4. The highest BCUT2D eigenvalue weighted by atomic mass is 79.9. The Labute approximate surface area is 233 Å². The van der Waals surface area contributed by atoms with E-state index in [2.05, 4.69) is 22.5 Å². The van der Waals surface area contributed by atoms with Crippen LogP contribution >= 0.6 is 15.9 Å².